The third kappa shape index (κ3) is 4.91. The first-order valence-electron chi connectivity index (χ1n) is 10.2. The highest BCUT2D eigenvalue weighted by Crippen LogP contribution is 2.39. The average Bonchev–Trinajstić information content (AvgIpc) is 3.09. The number of thiocarbonyl (C=S) groups is 1. The smallest absolute Gasteiger partial charge is 0.318 e. The molecule has 3 aromatic carbocycles. The van der Waals surface area contributed by atoms with Gasteiger partial charge in [-0.15, -0.1) is 0 Å². The number of carbonyl (C=O) groups is 1. The highest BCUT2D eigenvalue weighted by molar-refractivity contribution is 8.27. The molecule has 9 nitrogen and oxygen atoms in total. The van der Waals surface area contributed by atoms with E-state index < -0.39 is 21.2 Å². The summed E-state index contributed by atoms with van der Waals surface area (Å²) in [4.78, 5) is 36.0. The Morgan fingerprint density at radius 3 is 2.37 bits per heavy atom. The van der Waals surface area contributed by atoms with E-state index in [1.54, 1.807) is 30.3 Å². The Morgan fingerprint density at radius 2 is 1.69 bits per heavy atom. The number of amides is 1. The lowest BCUT2D eigenvalue weighted by atomic mass is 10.1. The Bertz CT molecular complexity index is 1440. The van der Waals surface area contributed by atoms with Crippen molar-refractivity contribution >= 4 is 57.3 Å². The fourth-order valence-electron chi connectivity index (χ4n) is 3.36. The van der Waals surface area contributed by atoms with Gasteiger partial charge < -0.3 is 4.74 Å². The van der Waals surface area contributed by atoms with Gasteiger partial charge in [-0.1, -0.05) is 48.2 Å². The van der Waals surface area contributed by atoms with E-state index in [2.05, 4.69) is 0 Å². The van der Waals surface area contributed by atoms with Gasteiger partial charge in [0.05, 0.1) is 26.5 Å². The summed E-state index contributed by atoms with van der Waals surface area (Å²) in [6.07, 6.45) is 1.60. The number of anilines is 1. The number of nitro benzene ring substituents is 2. The van der Waals surface area contributed by atoms with Crippen LogP contribution in [0.4, 0.5) is 17.1 Å². The lowest BCUT2D eigenvalue weighted by Crippen LogP contribution is -2.27. The molecule has 0 aliphatic carbocycles. The fraction of sp³-hybridized carbons (Fsp3) is 0.0833. The number of nitrogens with zero attached hydrogens (tertiary/aromatic N) is 3. The second-order valence-corrected chi connectivity index (χ2v) is 9.27. The number of nitro groups is 2. The first kappa shape index (κ1) is 24.0. The Labute approximate surface area is 209 Å². The van der Waals surface area contributed by atoms with Gasteiger partial charge >= 0.3 is 5.69 Å². The molecule has 1 fully saturated rings. The molecular weight excluding hydrogens is 490 g/mol. The van der Waals surface area contributed by atoms with E-state index >= 15 is 0 Å². The molecule has 3 aromatic rings. The molecule has 0 atom stereocenters. The van der Waals surface area contributed by atoms with Crippen molar-refractivity contribution in [1.82, 2.24) is 0 Å². The second-order valence-electron chi connectivity index (χ2n) is 7.59. The lowest BCUT2D eigenvalue weighted by Gasteiger charge is -2.16. The first-order chi connectivity index (χ1) is 16.7. The summed E-state index contributed by atoms with van der Waals surface area (Å²) in [5, 5.41) is 22.5. The van der Waals surface area contributed by atoms with Crippen molar-refractivity contribution in [3.05, 3.63) is 102 Å². The Kier molecular flexibility index (Phi) is 6.63. The molecule has 0 radical (unpaired) electrons. The van der Waals surface area contributed by atoms with Gasteiger partial charge in [-0.3, -0.25) is 29.9 Å². The van der Waals surface area contributed by atoms with Crippen LogP contribution in [-0.2, 0) is 4.79 Å². The predicted molar refractivity (Wildman–Crippen MR) is 138 cm³/mol. The van der Waals surface area contributed by atoms with Crippen molar-refractivity contribution < 1.29 is 19.4 Å². The van der Waals surface area contributed by atoms with Gasteiger partial charge in [0.1, 0.15) is 5.75 Å². The van der Waals surface area contributed by atoms with E-state index in [4.69, 9.17) is 17.0 Å². The van der Waals surface area contributed by atoms with E-state index in [1.807, 2.05) is 32.0 Å². The number of hydrogen-bond donors (Lipinski definition) is 0. The Morgan fingerprint density at radius 1 is 0.943 bits per heavy atom. The summed E-state index contributed by atoms with van der Waals surface area (Å²) >= 11 is 6.59. The molecule has 1 heterocycles. The molecule has 176 valence electrons. The number of thioether (sulfide) groups is 1. The SMILES string of the molecule is Cc1ccc(N2C(=O)/C(=C\c3ccccc3Oc3ccc([N+](=O)[O-])cc3[N+](=O)[O-])SC2=S)cc1C. The minimum absolute atomic E-state index is 0.163. The number of hydrogen-bond acceptors (Lipinski definition) is 8. The van der Waals surface area contributed by atoms with E-state index in [-0.39, 0.29) is 17.4 Å². The summed E-state index contributed by atoms with van der Waals surface area (Å²) in [5.41, 5.74) is 2.32. The molecule has 35 heavy (non-hydrogen) atoms. The zero-order chi connectivity index (χ0) is 25.3. The van der Waals surface area contributed by atoms with E-state index in [1.165, 1.54) is 11.0 Å². The molecule has 0 aromatic heterocycles. The van der Waals surface area contributed by atoms with Crippen LogP contribution in [0.5, 0.6) is 11.5 Å². The maximum atomic E-state index is 13.2. The van der Waals surface area contributed by atoms with Gasteiger partial charge in [0.25, 0.3) is 11.6 Å². The van der Waals surface area contributed by atoms with Gasteiger partial charge in [0.2, 0.25) is 5.75 Å². The number of aryl methyl sites for hydroxylation is 2. The van der Waals surface area contributed by atoms with Crippen molar-refractivity contribution in [2.45, 2.75) is 13.8 Å². The normalized spacial score (nSPS) is 14.5. The minimum Gasteiger partial charge on any atom is -0.449 e. The van der Waals surface area contributed by atoms with Crippen LogP contribution in [0.15, 0.2) is 65.6 Å². The molecular formula is C24H17N3O6S2. The molecule has 4 rings (SSSR count). The van der Waals surface area contributed by atoms with Crippen molar-refractivity contribution in [3.63, 3.8) is 0 Å². The van der Waals surface area contributed by atoms with Crippen molar-refractivity contribution in [3.8, 4) is 11.5 Å². The largest absolute Gasteiger partial charge is 0.449 e. The molecule has 0 saturated carbocycles. The van der Waals surface area contributed by atoms with Crippen LogP contribution in [-0.4, -0.2) is 20.1 Å². The molecule has 0 spiro atoms. The summed E-state index contributed by atoms with van der Waals surface area (Å²) in [7, 11) is 0. The fourth-order valence-corrected chi connectivity index (χ4v) is 4.65. The third-order valence-electron chi connectivity index (χ3n) is 5.32. The van der Waals surface area contributed by atoms with Crippen LogP contribution in [0.1, 0.15) is 16.7 Å². The van der Waals surface area contributed by atoms with Crippen LogP contribution in [0.3, 0.4) is 0 Å². The topological polar surface area (TPSA) is 116 Å². The van der Waals surface area contributed by atoms with Gasteiger partial charge in [0.15, 0.2) is 4.32 Å². The maximum absolute atomic E-state index is 13.2. The summed E-state index contributed by atoms with van der Waals surface area (Å²) in [6, 6.07) is 15.5. The van der Waals surface area contributed by atoms with Crippen LogP contribution < -0.4 is 9.64 Å². The van der Waals surface area contributed by atoms with E-state index in [0.717, 1.165) is 35.0 Å². The standard InChI is InChI=1S/C24H17N3O6S2/c1-14-7-8-17(11-15(14)2)25-23(28)22(35-24(25)34)12-16-5-3-4-6-20(16)33-21-10-9-18(26(29)30)13-19(21)27(31)32/h3-13H,1-2H3/b22-12+. The maximum Gasteiger partial charge on any atom is 0.318 e. The van der Waals surface area contributed by atoms with Crippen LogP contribution in [0.25, 0.3) is 6.08 Å². The minimum atomic E-state index is -0.750. The average molecular weight is 508 g/mol. The number of rotatable bonds is 6. The van der Waals surface area contributed by atoms with E-state index in [9.17, 15) is 25.0 Å². The van der Waals surface area contributed by atoms with Crippen molar-refractivity contribution in [2.75, 3.05) is 4.90 Å². The molecule has 11 heteroatoms. The summed E-state index contributed by atoms with van der Waals surface area (Å²) in [5.74, 6) is -0.218. The number of non-ortho nitro benzene ring substituents is 1. The molecule has 1 aliphatic rings. The van der Waals surface area contributed by atoms with Gasteiger partial charge in [-0.05, 0) is 55.3 Å². The zero-order valence-corrected chi connectivity index (χ0v) is 20.1. The first-order valence-corrected chi connectivity index (χ1v) is 11.4. The Balaban J connectivity index is 1.68. The van der Waals surface area contributed by atoms with Crippen LogP contribution in [0, 0.1) is 34.1 Å². The van der Waals surface area contributed by atoms with Crippen molar-refractivity contribution in [1.29, 1.82) is 0 Å². The number of carbonyl (C=O) groups excluding carboxylic acids is 1. The van der Waals surface area contributed by atoms with Crippen molar-refractivity contribution in [2.24, 2.45) is 0 Å². The molecule has 0 N–H and O–H groups in total. The third-order valence-corrected chi connectivity index (χ3v) is 6.62. The molecule has 0 bridgehead atoms. The highest BCUT2D eigenvalue weighted by atomic mass is 32.2. The van der Waals surface area contributed by atoms with Gasteiger partial charge in [0, 0.05) is 11.6 Å². The lowest BCUT2D eigenvalue weighted by molar-refractivity contribution is -0.394. The van der Waals surface area contributed by atoms with Crippen LogP contribution in [0.2, 0.25) is 0 Å². The predicted octanol–water partition coefficient (Wildman–Crippen LogP) is 6.32. The number of benzene rings is 3. The summed E-state index contributed by atoms with van der Waals surface area (Å²) in [6.45, 7) is 3.94. The van der Waals surface area contributed by atoms with Gasteiger partial charge in [-0.2, -0.15) is 0 Å². The summed E-state index contributed by atoms with van der Waals surface area (Å²) < 4.78 is 6.16. The molecule has 0 unspecified atom stereocenters. The quantitative estimate of drug-likeness (QED) is 0.165. The molecule has 1 aliphatic heterocycles. The van der Waals surface area contributed by atoms with Crippen LogP contribution >= 0.6 is 24.0 Å². The second kappa shape index (κ2) is 9.65. The zero-order valence-electron chi connectivity index (χ0n) is 18.5. The van der Waals surface area contributed by atoms with E-state index in [0.29, 0.717) is 20.5 Å². The highest BCUT2D eigenvalue weighted by Gasteiger charge is 2.33. The molecule has 1 amide bonds. The monoisotopic (exact) mass is 507 g/mol. The van der Waals surface area contributed by atoms with Gasteiger partial charge in [-0.25, -0.2) is 0 Å². The Hall–Kier alpha value is -4.09. The number of para-hydroxylation sites is 1. The number of ether oxygens (including phenoxy) is 1. The molecule has 1 saturated heterocycles.